The average Bonchev–Trinajstić information content (AvgIpc) is 2.41. The van der Waals surface area contributed by atoms with Gasteiger partial charge in [-0.05, 0) is 17.7 Å². The summed E-state index contributed by atoms with van der Waals surface area (Å²) in [4.78, 5) is 12.8. The summed E-state index contributed by atoms with van der Waals surface area (Å²) in [6.45, 7) is 1.34. The number of hydrogen-bond donors (Lipinski definition) is 1. The zero-order valence-electron chi connectivity index (χ0n) is 10.2. The monoisotopic (exact) mass is 264 g/mol. The number of aliphatic carboxylic acids is 1. The molecule has 1 N–H and O–H groups in total. The summed E-state index contributed by atoms with van der Waals surface area (Å²) in [6, 6.07) is 5.14. The van der Waals surface area contributed by atoms with Crippen LogP contribution in [-0.4, -0.2) is 41.8 Å². The third kappa shape index (κ3) is 3.08. The van der Waals surface area contributed by atoms with Crippen LogP contribution in [0.1, 0.15) is 11.1 Å². The highest BCUT2D eigenvalue weighted by molar-refractivity contribution is 5.73. The van der Waals surface area contributed by atoms with Crippen molar-refractivity contribution in [3.05, 3.63) is 35.1 Å². The minimum atomic E-state index is -0.958. The molecule has 0 aromatic heterocycles. The summed E-state index contributed by atoms with van der Waals surface area (Å²) in [5.41, 5.74) is 0.854. The average molecular weight is 264 g/mol. The molecule has 100 valence electrons. The lowest BCUT2D eigenvalue weighted by Crippen LogP contribution is -2.49. The maximum absolute atomic E-state index is 13.0. The van der Waals surface area contributed by atoms with Crippen molar-refractivity contribution in [3.63, 3.8) is 0 Å². The Kier molecular flexibility index (Phi) is 4.10. The quantitative estimate of drug-likeness (QED) is 0.881. The van der Waals surface area contributed by atoms with E-state index in [1.165, 1.54) is 12.1 Å². The number of hydrogen-bond acceptors (Lipinski definition) is 4. The van der Waals surface area contributed by atoms with Crippen LogP contribution in [0.5, 0.6) is 0 Å². The van der Waals surface area contributed by atoms with Gasteiger partial charge in [0.15, 0.2) is 0 Å². The highest BCUT2D eigenvalue weighted by Crippen LogP contribution is 2.16. The van der Waals surface area contributed by atoms with Crippen molar-refractivity contribution in [1.29, 1.82) is 5.26 Å². The van der Waals surface area contributed by atoms with Gasteiger partial charge in [0.1, 0.15) is 11.9 Å². The maximum atomic E-state index is 13.0. The van der Waals surface area contributed by atoms with Gasteiger partial charge in [-0.1, -0.05) is 6.07 Å². The topological polar surface area (TPSA) is 73.6 Å². The third-order valence-corrected chi connectivity index (χ3v) is 3.09. The van der Waals surface area contributed by atoms with Gasteiger partial charge >= 0.3 is 5.97 Å². The molecule has 0 spiro atoms. The first-order chi connectivity index (χ1) is 9.11. The summed E-state index contributed by atoms with van der Waals surface area (Å²) in [5.74, 6) is -1.43. The number of benzene rings is 1. The zero-order chi connectivity index (χ0) is 13.8. The van der Waals surface area contributed by atoms with E-state index in [1.807, 2.05) is 6.07 Å². The van der Waals surface area contributed by atoms with Gasteiger partial charge < -0.3 is 9.84 Å². The minimum Gasteiger partial charge on any atom is -0.480 e. The van der Waals surface area contributed by atoms with Crippen molar-refractivity contribution < 1.29 is 19.0 Å². The first-order valence-electron chi connectivity index (χ1n) is 5.85. The van der Waals surface area contributed by atoms with Crippen molar-refractivity contribution in [2.75, 3.05) is 19.8 Å². The van der Waals surface area contributed by atoms with Crippen LogP contribution in [-0.2, 0) is 16.1 Å². The molecule has 1 fully saturated rings. The fraction of sp³-hybridized carbons (Fsp3) is 0.385. The van der Waals surface area contributed by atoms with E-state index in [1.54, 1.807) is 4.90 Å². The molecule has 1 aromatic rings. The molecular weight excluding hydrogens is 251 g/mol. The Bertz CT molecular complexity index is 527. The predicted molar refractivity (Wildman–Crippen MR) is 63.8 cm³/mol. The van der Waals surface area contributed by atoms with Crippen molar-refractivity contribution in [2.24, 2.45) is 0 Å². The Morgan fingerprint density at radius 2 is 2.42 bits per heavy atom. The molecule has 5 nitrogen and oxygen atoms in total. The Balaban J connectivity index is 2.20. The molecule has 0 amide bonds. The number of morpholine rings is 1. The summed E-state index contributed by atoms with van der Waals surface area (Å²) in [7, 11) is 0. The number of ether oxygens (including phenoxy) is 1. The van der Waals surface area contributed by atoms with Gasteiger partial charge in [0.25, 0.3) is 0 Å². The van der Waals surface area contributed by atoms with Gasteiger partial charge in [-0.15, -0.1) is 0 Å². The normalized spacial score (nSPS) is 19.9. The van der Waals surface area contributed by atoms with Crippen LogP contribution in [0.2, 0.25) is 0 Å². The largest absolute Gasteiger partial charge is 0.480 e. The fourth-order valence-electron chi connectivity index (χ4n) is 2.06. The fourth-order valence-corrected chi connectivity index (χ4v) is 2.06. The van der Waals surface area contributed by atoms with E-state index in [9.17, 15) is 9.18 Å². The van der Waals surface area contributed by atoms with Crippen molar-refractivity contribution >= 4 is 5.97 Å². The van der Waals surface area contributed by atoms with Gasteiger partial charge in [-0.25, -0.2) is 4.39 Å². The van der Waals surface area contributed by atoms with Crippen molar-refractivity contribution in [3.8, 4) is 6.07 Å². The second kappa shape index (κ2) is 5.78. The highest BCUT2D eigenvalue weighted by atomic mass is 19.1. The molecule has 0 saturated carbocycles. The number of halogens is 1. The Hall–Kier alpha value is -1.97. The Labute approximate surface area is 109 Å². The van der Waals surface area contributed by atoms with E-state index in [2.05, 4.69) is 0 Å². The van der Waals surface area contributed by atoms with Gasteiger partial charge in [0.2, 0.25) is 0 Å². The molecule has 1 atom stereocenters. The molecule has 0 aliphatic carbocycles. The van der Waals surface area contributed by atoms with E-state index in [4.69, 9.17) is 15.1 Å². The first kappa shape index (κ1) is 13.5. The van der Waals surface area contributed by atoms with Crippen LogP contribution < -0.4 is 0 Å². The summed E-state index contributed by atoms with van der Waals surface area (Å²) in [5, 5.41) is 18.1. The SMILES string of the molecule is N#Cc1cc(F)ccc1CN1CCOCC1C(=O)O. The Morgan fingerprint density at radius 1 is 1.63 bits per heavy atom. The summed E-state index contributed by atoms with van der Waals surface area (Å²) < 4.78 is 18.2. The number of carboxylic acid groups (broad SMARTS) is 1. The van der Waals surface area contributed by atoms with Crippen LogP contribution in [0.4, 0.5) is 4.39 Å². The molecule has 1 aliphatic rings. The van der Waals surface area contributed by atoms with Crippen molar-refractivity contribution in [1.82, 2.24) is 4.90 Å². The Morgan fingerprint density at radius 3 is 3.11 bits per heavy atom. The molecule has 2 rings (SSSR count). The maximum Gasteiger partial charge on any atom is 0.323 e. The van der Waals surface area contributed by atoms with Crippen molar-refractivity contribution in [2.45, 2.75) is 12.6 Å². The minimum absolute atomic E-state index is 0.123. The number of nitriles is 1. The molecule has 0 radical (unpaired) electrons. The lowest BCUT2D eigenvalue weighted by molar-refractivity contribution is -0.150. The standard InChI is InChI=1S/C13H13FN2O3/c14-11-2-1-9(10(5-11)6-15)7-16-3-4-19-8-12(16)13(17)18/h1-2,5,12H,3-4,7-8H2,(H,17,18). The van der Waals surface area contributed by atoms with E-state index < -0.39 is 17.8 Å². The second-order valence-corrected chi connectivity index (χ2v) is 4.31. The summed E-state index contributed by atoms with van der Waals surface area (Å²) >= 11 is 0. The molecule has 1 aliphatic heterocycles. The smallest absolute Gasteiger partial charge is 0.323 e. The van der Waals surface area contributed by atoms with Gasteiger partial charge in [0.05, 0.1) is 24.8 Å². The highest BCUT2D eigenvalue weighted by Gasteiger charge is 2.29. The van der Waals surface area contributed by atoms with Crippen LogP contribution in [0.25, 0.3) is 0 Å². The van der Waals surface area contributed by atoms with Crippen LogP contribution >= 0.6 is 0 Å². The molecule has 6 heteroatoms. The lowest BCUT2D eigenvalue weighted by atomic mass is 10.1. The zero-order valence-corrected chi connectivity index (χ0v) is 10.2. The number of rotatable bonds is 3. The molecule has 1 unspecified atom stereocenters. The van der Waals surface area contributed by atoms with E-state index in [-0.39, 0.29) is 12.2 Å². The predicted octanol–water partition coefficient (Wildman–Crippen LogP) is 0.983. The van der Waals surface area contributed by atoms with Crippen LogP contribution in [0, 0.1) is 17.1 Å². The first-order valence-corrected chi connectivity index (χ1v) is 5.85. The molecule has 1 saturated heterocycles. The van der Waals surface area contributed by atoms with E-state index in [0.717, 1.165) is 6.07 Å². The molecular formula is C13H13FN2O3. The van der Waals surface area contributed by atoms with Gasteiger partial charge in [-0.2, -0.15) is 5.26 Å². The number of carbonyl (C=O) groups is 1. The van der Waals surface area contributed by atoms with Crippen LogP contribution in [0.15, 0.2) is 18.2 Å². The number of carboxylic acids is 1. The van der Waals surface area contributed by atoms with E-state index in [0.29, 0.717) is 25.3 Å². The van der Waals surface area contributed by atoms with Gasteiger partial charge in [0, 0.05) is 13.1 Å². The molecule has 0 bridgehead atoms. The van der Waals surface area contributed by atoms with Crippen LogP contribution in [0.3, 0.4) is 0 Å². The molecule has 1 heterocycles. The third-order valence-electron chi connectivity index (χ3n) is 3.09. The lowest BCUT2D eigenvalue weighted by Gasteiger charge is -2.32. The molecule has 1 aromatic carbocycles. The van der Waals surface area contributed by atoms with Gasteiger partial charge in [-0.3, -0.25) is 9.69 Å². The van der Waals surface area contributed by atoms with E-state index >= 15 is 0 Å². The summed E-state index contributed by atoms with van der Waals surface area (Å²) in [6.07, 6.45) is 0. The molecule has 19 heavy (non-hydrogen) atoms. The second-order valence-electron chi connectivity index (χ2n) is 4.31. The number of nitrogens with zero attached hydrogens (tertiary/aromatic N) is 2.